The molecule has 3 amide bonds. The number of rotatable bonds is 12. The maximum Gasteiger partial charge on any atom is 0.326 e. The lowest BCUT2D eigenvalue weighted by Gasteiger charge is -2.27. The lowest BCUT2D eigenvalue weighted by molar-refractivity contribution is -0.143. The Kier molecular flexibility index (Phi) is 10.5. The molecule has 10 nitrogen and oxygen atoms in total. The number of carboxylic acids is 1. The van der Waals surface area contributed by atoms with Crippen LogP contribution in [0.2, 0.25) is 0 Å². The smallest absolute Gasteiger partial charge is 0.326 e. The number of hydrogen-bond acceptors (Lipinski definition) is 6. The zero-order valence-electron chi connectivity index (χ0n) is 19.9. The maximum atomic E-state index is 13.0. The molecule has 0 radical (unpaired) electrons. The van der Waals surface area contributed by atoms with Gasteiger partial charge in [0.25, 0.3) is 0 Å². The average Bonchev–Trinajstić information content (AvgIpc) is 3.31. The van der Waals surface area contributed by atoms with E-state index in [1.165, 1.54) is 6.92 Å². The van der Waals surface area contributed by atoms with E-state index in [1.54, 1.807) is 30.3 Å². The monoisotopic (exact) mass is 476 g/mol. The Morgan fingerprint density at radius 3 is 2.21 bits per heavy atom. The number of carbonyl (C=O) groups excluding carboxylic acids is 3. The molecule has 1 saturated heterocycles. The predicted molar refractivity (Wildman–Crippen MR) is 126 cm³/mol. The molecule has 0 aliphatic carbocycles. The molecule has 1 fully saturated rings. The lowest BCUT2D eigenvalue weighted by Crippen LogP contribution is -2.60. The standard InChI is InChI=1S/C24H36N4O6/c1-14(2)12-18(26-21(30)17-10-7-11-25-17)22(31)28-20(15(3)29)23(32)27-19(24(33)34)13-16-8-5-4-6-9-16/h4-6,8-9,14-15,17-20,25,29H,7,10-13H2,1-3H3,(H,26,30)(H,27,32)(H,28,31)(H,33,34). The van der Waals surface area contributed by atoms with Gasteiger partial charge >= 0.3 is 5.97 Å². The average molecular weight is 477 g/mol. The molecule has 5 atom stereocenters. The molecule has 0 spiro atoms. The molecule has 1 aliphatic heterocycles. The summed E-state index contributed by atoms with van der Waals surface area (Å²) >= 11 is 0. The van der Waals surface area contributed by atoms with E-state index in [4.69, 9.17) is 0 Å². The predicted octanol–water partition coefficient (Wildman–Crippen LogP) is -0.0530. The SMILES string of the molecule is CC(C)CC(NC(=O)C1CCCN1)C(=O)NC(C(=O)NC(Cc1ccccc1)C(=O)O)C(C)O. The number of carbonyl (C=O) groups is 4. The summed E-state index contributed by atoms with van der Waals surface area (Å²) in [5, 5.41) is 30.5. The number of aliphatic hydroxyl groups is 1. The minimum atomic E-state index is -1.39. The molecule has 2 rings (SSSR count). The maximum absolute atomic E-state index is 13.0. The van der Waals surface area contributed by atoms with Crippen LogP contribution >= 0.6 is 0 Å². The molecule has 34 heavy (non-hydrogen) atoms. The van der Waals surface area contributed by atoms with Gasteiger partial charge in [0.2, 0.25) is 17.7 Å². The van der Waals surface area contributed by atoms with Crippen LogP contribution in [0.4, 0.5) is 0 Å². The third kappa shape index (κ3) is 8.42. The van der Waals surface area contributed by atoms with Crippen molar-refractivity contribution in [1.29, 1.82) is 0 Å². The van der Waals surface area contributed by atoms with E-state index >= 15 is 0 Å². The van der Waals surface area contributed by atoms with Crippen LogP contribution < -0.4 is 21.3 Å². The first kappa shape index (κ1) is 27.3. The van der Waals surface area contributed by atoms with Gasteiger partial charge in [-0.25, -0.2) is 4.79 Å². The van der Waals surface area contributed by atoms with Crippen LogP contribution in [0.1, 0.15) is 45.6 Å². The highest BCUT2D eigenvalue weighted by Crippen LogP contribution is 2.10. The topological polar surface area (TPSA) is 157 Å². The van der Waals surface area contributed by atoms with E-state index in [9.17, 15) is 29.4 Å². The zero-order valence-corrected chi connectivity index (χ0v) is 19.9. The molecule has 1 heterocycles. The van der Waals surface area contributed by atoms with Crippen molar-refractivity contribution in [2.24, 2.45) is 5.92 Å². The van der Waals surface area contributed by atoms with E-state index in [-0.39, 0.29) is 24.3 Å². The van der Waals surface area contributed by atoms with Gasteiger partial charge in [0.15, 0.2) is 0 Å². The molecule has 188 valence electrons. The van der Waals surface area contributed by atoms with Crippen molar-refractivity contribution in [3.05, 3.63) is 35.9 Å². The van der Waals surface area contributed by atoms with Crippen LogP contribution in [0.25, 0.3) is 0 Å². The van der Waals surface area contributed by atoms with E-state index in [0.29, 0.717) is 18.4 Å². The lowest BCUT2D eigenvalue weighted by atomic mass is 10.0. The van der Waals surface area contributed by atoms with Gasteiger partial charge in [-0.2, -0.15) is 0 Å². The number of hydrogen-bond donors (Lipinski definition) is 6. The van der Waals surface area contributed by atoms with Gasteiger partial charge in [0.05, 0.1) is 12.1 Å². The molecule has 5 unspecified atom stereocenters. The van der Waals surface area contributed by atoms with Crippen molar-refractivity contribution in [2.75, 3.05) is 6.54 Å². The molecule has 1 aromatic carbocycles. The van der Waals surface area contributed by atoms with Crippen LogP contribution in [-0.2, 0) is 25.6 Å². The number of nitrogens with one attached hydrogen (secondary N) is 4. The Hall–Kier alpha value is -2.98. The summed E-state index contributed by atoms with van der Waals surface area (Å²) in [7, 11) is 0. The summed E-state index contributed by atoms with van der Waals surface area (Å²) in [4.78, 5) is 50.1. The Balaban J connectivity index is 2.08. The number of benzene rings is 1. The Morgan fingerprint density at radius 2 is 1.68 bits per heavy atom. The van der Waals surface area contributed by atoms with Crippen LogP contribution in [0.3, 0.4) is 0 Å². The van der Waals surface area contributed by atoms with E-state index < -0.39 is 42.0 Å². The summed E-state index contributed by atoms with van der Waals surface area (Å²) in [6.07, 6.45) is 0.643. The van der Waals surface area contributed by atoms with E-state index in [2.05, 4.69) is 21.3 Å². The molecule has 10 heteroatoms. The summed E-state index contributed by atoms with van der Waals surface area (Å²) in [5.74, 6) is -2.88. The first-order valence-electron chi connectivity index (χ1n) is 11.7. The Labute approximate surface area is 199 Å². The zero-order chi connectivity index (χ0) is 25.3. The van der Waals surface area contributed by atoms with Gasteiger partial charge < -0.3 is 31.5 Å². The van der Waals surface area contributed by atoms with Gasteiger partial charge in [-0.1, -0.05) is 44.2 Å². The van der Waals surface area contributed by atoms with Gasteiger partial charge in [0, 0.05) is 6.42 Å². The van der Waals surface area contributed by atoms with Crippen molar-refractivity contribution in [3.8, 4) is 0 Å². The molecular weight excluding hydrogens is 440 g/mol. The summed E-state index contributed by atoms with van der Waals surface area (Å²) in [6, 6.07) is 4.91. The fourth-order valence-corrected chi connectivity index (χ4v) is 3.85. The minimum Gasteiger partial charge on any atom is -0.480 e. The van der Waals surface area contributed by atoms with Crippen molar-refractivity contribution < 1.29 is 29.4 Å². The largest absolute Gasteiger partial charge is 0.480 e. The van der Waals surface area contributed by atoms with Crippen LogP contribution in [0.5, 0.6) is 0 Å². The third-order valence-corrected chi connectivity index (χ3v) is 5.68. The molecule has 0 saturated carbocycles. The summed E-state index contributed by atoms with van der Waals surface area (Å²) in [6.45, 7) is 5.87. The Morgan fingerprint density at radius 1 is 1.00 bits per heavy atom. The fraction of sp³-hybridized carbons (Fsp3) is 0.583. The summed E-state index contributed by atoms with van der Waals surface area (Å²) in [5.41, 5.74) is 0.716. The quantitative estimate of drug-likeness (QED) is 0.247. The second-order valence-corrected chi connectivity index (χ2v) is 9.16. The number of aliphatic hydroxyl groups excluding tert-OH is 1. The van der Waals surface area contributed by atoms with Crippen LogP contribution in [0.15, 0.2) is 30.3 Å². The van der Waals surface area contributed by atoms with Crippen LogP contribution in [0, 0.1) is 5.92 Å². The van der Waals surface area contributed by atoms with E-state index in [0.717, 1.165) is 13.0 Å². The normalized spacial score (nSPS) is 19.0. The highest BCUT2D eigenvalue weighted by molar-refractivity contribution is 5.94. The summed E-state index contributed by atoms with van der Waals surface area (Å²) < 4.78 is 0. The van der Waals surface area contributed by atoms with Gasteiger partial charge in [0.1, 0.15) is 18.1 Å². The second kappa shape index (κ2) is 13.0. The van der Waals surface area contributed by atoms with Crippen molar-refractivity contribution in [2.45, 2.75) is 76.7 Å². The minimum absolute atomic E-state index is 0.0445. The van der Waals surface area contributed by atoms with Gasteiger partial charge in [-0.15, -0.1) is 0 Å². The van der Waals surface area contributed by atoms with Crippen molar-refractivity contribution >= 4 is 23.7 Å². The van der Waals surface area contributed by atoms with Crippen LogP contribution in [-0.4, -0.2) is 70.7 Å². The highest BCUT2D eigenvalue weighted by atomic mass is 16.4. The number of amides is 3. The Bertz CT molecular complexity index is 839. The molecular formula is C24H36N4O6. The van der Waals surface area contributed by atoms with Crippen molar-refractivity contribution in [1.82, 2.24) is 21.3 Å². The molecule has 6 N–H and O–H groups in total. The van der Waals surface area contributed by atoms with Gasteiger partial charge in [-0.3, -0.25) is 14.4 Å². The number of aliphatic carboxylic acids is 1. The first-order chi connectivity index (χ1) is 16.1. The molecule has 1 aliphatic rings. The molecule has 0 bridgehead atoms. The van der Waals surface area contributed by atoms with Gasteiger partial charge in [-0.05, 0) is 44.2 Å². The second-order valence-electron chi connectivity index (χ2n) is 9.16. The third-order valence-electron chi connectivity index (χ3n) is 5.68. The first-order valence-corrected chi connectivity index (χ1v) is 11.7. The molecule has 0 aromatic heterocycles. The van der Waals surface area contributed by atoms with Crippen molar-refractivity contribution in [3.63, 3.8) is 0 Å². The van der Waals surface area contributed by atoms with E-state index in [1.807, 2.05) is 13.8 Å². The highest BCUT2D eigenvalue weighted by Gasteiger charge is 2.33. The number of carboxylic acid groups (broad SMARTS) is 1. The fourth-order valence-electron chi connectivity index (χ4n) is 3.85. The molecule has 1 aromatic rings.